The summed E-state index contributed by atoms with van der Waals surface area (Å²) >= 11 is 1.82. The van der Waals surface area contributed by atoms with Crippen LogP contribution in [0.2, 0.25) is 0 Å². The molecule has 5 heteroatoms. The molecule has 1 atom stereocenters. The van der Waals surface area contributed by atoms with Crippen LogP contribution in [0.15, 0.2) is 12.4 Å². The Morgan fingerprint density at radius 2 is 2.14 bits per heavy atom. The summed E-state index contributed by atoms with van der Waals surface area (Å²) in [6, 6.07) is 0. The molecule has 0 saturated carbocycles. The van der Waals surface area contributed by atoms with Gasteiger partial charge >= 0.3 is 0 Å². The van der Waals surface area contributed by atoms with Crippen molar-refractivity contribution >= 4 is 17.7 Å². The molecule has 0 aromatic carbocycles. The van der Waals surface area contributed by atoms with Gasteiger partial charge in [0.1, 0.15) is 0 Å². The number of halogens is 1. The fraction of sp³-hybridized carbons (Fsp3) is 0.556. The highest BCUT2D eigenvalue weighted by molar-refractivity contribution is 7.99. The minimum Gasteiger partial charge on any atom is -0.354 e. The van der Waals surface area contributed by atoms with Gasteiger partial charge in [0.15, 0.2) is 5.82 Å². The van der Waals surface area contributed by atoms with Gasteiger partial charge in [-0.15, -0.1) is 0 Å². The van der Waals surface area contributed by atoms with Gasteiger partial charge in [-0.05, 0) is 12.7 Å². The molecule has 0 bridgehead atoms. The van der Waals surface area contributed by atoms with Crippen molar-refractivity contribution in [2.24, 2.45) is 0 Å². The summed E-state index contributed by atoms with van der Waals surface area (Å²) in [5, 5.41) is 3.65. The maximum atomic E-state index is 12.4. The number of aromatic nitrogens is 2. The smallest absolute Gasteiger partial charge is 0.222 e. The first kappa shape index (κ1) is 11.2. The average molecular weight is 215 g/mol. The molecule has 0 fully saturated rings. The van der Waals surface area contributed by atoms with Crippen LogP contribution < -0.4 is 5.32 Å². The molecule has 0 aliphatic rings. The lowest BCUT2D eigenvalue weighted by atomic mass is 10.3. The normalized spacial score (nSPS) is 12.5. The SMILES string of the molecule is CSC(C)CCNc1ncc(F)cn1. The Morgan fingerprint density at radius 3 is 2.71 bits per heavy atom. The number of hydrogen-bond donors (Lipinski definition) is 1. The van der Waals surface area contributed by atoms with Crippen LogP contribution in [0, 0.1) is 5.82 Å². The molecule has 0 amide bonds. The first-order valence-corrected chi connectivity index (χ1v) is 5.75. The molecule has 0 aliphatic heterocycles. The zero-order chi connectivity index (χ0) is 10.4. The maximum Gasteiger partial charge on any atom is 0.222 e. The Hall–Kier alpha value is -0.840. The first-order chi connectivity index (χ1) is 6.72. The molecule has 0 radical (unpaired) electrons. The minimum atomic E-state index is -0.409. The first-order valence-electron chi connectivity index (χ1n) is 4.46. The van der Waals surface area contributed by atoms with Crippen molar-refractivity contribution < 1.29 is 4.39 Å². The van der Waals surface area contributed by atoms with Crippen LogP contribution in [0.3, 0.4) is 0 Å². The van der Waals surface area contributed by atoms with E-state index in [0.29, 0.717) is 11.2 Å². The van der Waals surface area contributed by atoms with Gasteiger partial charge in [-0.25, -0.2) is 14.4 Å². The molecule has 1 rings (SSSR count). The topological polar surface area (TPSA) is 37.8 Å². The largest absolute Gasteiger partial charge is 0.354 e. The van der Waals surface area contributed by atoms with Crippen LogP contribution >= 0.6 is 11.8 Å². The molecule has 1 aromatic rings. The standard InChI is InChI=1S/C9H14FN3S/c1-7(14-2)3-4-11-9-12-5-8(10)6-13-9/h5-7H,3-4H2,1-2H3,(H,11,12,13). The summed E-state index contributed by atoms with van der Waals surface area (Å²) in [5.41, 5.74) is 0. The fourth-order valence-corrected chi connectivity index (χ4v) is 1.26. The Morgan fingerprint density at radius 1 is 1.50 bits per heavy atom. The molecule has 78 valence electrons. The Labute approximate surface area is 87.5 Å². The van der Waals surface area contributed by atoms with Crippen LogP contribution in [0.25, 0.3) is 0 Å². The molecule has 1 aromatic heterocycles. The lowest BCUT2D eigenvalue weighted by Gasteiger charge is -2.08. The van der Waals surface area contributed by atoms with Gasteiger partial charge in [-0.1, -0.05) is 6.92 Å². The van der Waals surface area contributed by atoms with E-state index in [1.165, 1.54) is 0 Å². The zero-order valence-electron chi connectivity index (χ0n) is 8.33. The number of nitrogens with zero attached hydrogens (tertiary/aromatic N) is 2. The van der Waals surface area contributed by atoms with E-state index in [1.807, 2.05) is 11.8 Å². The molecule has 0 saturated heterocycles. The van der Waals surface area contributed by atoms with Gasteiger partial charge < -0.3 is 5.32 Å². The third-order valence-corrected chi connectivity index (χ3v) is 2.90. The van der Waals surface area contributed by atoms with E-state index in [0.717, 1.165) is 25.4 Å². The molecule has 1 heterocycles. The summed E-state index contributed by atoms with van der Waals surface area (Å²) in [5.74, 6) is 0.0766. The van der Waals surface area contributed by atoms with Gasteiger partial charge in [-0.2, -0.15) is 11.8 Å². The molecule has 0 aliphatic carbocycles. The van der Waals surface area contributed by atoms with Crippen molar-refractivity contribution in [1.82, 2.24) is 9.97 Å². The highest BCUT2D eigenvalue weighted by atomic mass is 32.2. The average Bonchev–Trinajstić information content (AvgIpc) is 2.21. The summed E-state index contributed by atoms with van der Waals surface area (Å²) in [4.78, 5) is 7.59. The highest BCUT2D eigenvalue weighted by Gasteiger charge is 2.00. The van der Waals surface area contributed by atoms with Crippen molar-refractivity contribution in [3.8, 4) is 0 Å². The van der Waals surface area contributed by atoms with Crippen molar-refractivity contribution in [1.29, 1.82) is 0 Å². The van der Waals surface area contributed by atoms with Crippen molar-refractivity contribution in [2.75, 3.05) is 18.1 Å². The van der Waals surface area contributed by atoms with Gasteiger partial charge in [0.2, 0.25) is 5.95 Å². The van der Waals surface area contributed by atoms with E-state index in [-0.39, 0.29) is 0 Å². The number of thioether (sulfide) groups is 1. The van der Waals surface area contributed by atoms with Crippen LogP contribution in [0.4, 0.5) is 10.3 Å². The second-order valence-electron chi connectivity index (χ2n) is 2.99. The van der Waals surface area contributed by atoms with E-state index in [2.05, 4.69) is 28.5 Å². The summed E-state index contributed by atoms with van der Waals surface area (Å²) in [6.45, 7) is 2.98. The second kappa shape index (κ2) is 5.80. The van der Waals surface area contributed by atoms with Gasteiger partial charge in [0.25, 0.3) is 0 Å². The monoisotopic (exact) mass is 215 g/mol. The molecule has 3 nitrogen and oxygen atoms in total. The quantitative estimate of drug-likeness (QED) is 0.817. The molecule has 0 spiro atoms. The summed E-state index contributed by atoms with van der Waals surface area (Å²) in [6.07, 6.45) is 5.45. The van der Waals surface area contributed by atoms with Crippen molar-refractivity contribution in [2.45, 2.75) is 18.6 Å². The molecular formula is C9H14FN3S. The minimum absolute atomic E-state index is 0.409. The number of anilines is 1. The number of hydrogen-bond acceptors (Lipinski definition) is 4. The highest BCUT2D eigenvalue weighted by Crippen LogP contribution is 2.09. The maximum absolute atomic E-state index is 12.4. The van der Waals surface area contributed by atoms with E-state index < -0.39 is 5.82 Å². The number of rotatable bonds is 5. The second-order valence-corrected chi connectivity index (χ2v) is 4.26. The van der Waals surface area contributed by atoms with E-state index in [4.69, 9.17) is 0 Å². The van der Waals surface area contributed by atoms with Crippen LogP contribution in [0.1, 0.15) is 13.3 Å². The third kappa shape index (κ3) is 3.91. The fourth-order valence-electron chi connectivity index (χ4n) is 0.909. The summed E-state index contributed by atoms with van der Waals surface area (Å²) < 4.78 is 12.4. The molecular weight excluding hydrogens is 201 g/mol. The van der Waals surface area contributed by atoms with E-state index in [1.54, 1.807) is 0 Å². The van der Waals surface area contributed by atoms with Gasteiger partial charge in [0, 0.05) is 11.8 Å². The van der Waals surface area contributed by atoms with E-state index in [9.17, 15) is 4.39 Å². The predicted molar refractivity (Wildman–Crippen MR) is 58.1 cm³/mol. The van der Waals surface area contributed by atoms with Crippen LogP contribution in [-0.4, -0.2) is 28.0 Å². The lowest BCUT2D eigenvalue weighted by Crippen LogP contribution is -2.09. The summed E-state index contributed by atoms with van der Waals surface area (Å²) in [7, 11) is 0. The predicted octanol–water partition coefficient (Wildman–Crippen LogP) is 2.17. The van der Waals surface area contributed by atoms with Gasteiger partial charge in [0.05, 0.1) is 12.4 Å². The number of nitrogens with one attached hydrogen (secondary N) is 1. The molecule has 1 N–H and O–H groups in total. The van der Waals surface area contributed by atoms with Crippen molar-refractivity contribution in [3.05, 3.63) is 18.2 Å². The van der Waals surface area contributed by atoms with Crippen molar-refractivity contribution in [3.63, 3.8) is 0 Å². The van der Waals surface area contributed by atoms with E-state index >= 15 is 0 Å². The Bertz CT molecular complexity index is 265. The van der Waals surface area contributed by atoms with Gasteiger partial charge in [-0.3, -0.25) is 0 Å². The zero-order valence-corrected chi connectivity index (χ0v) is 9.14. The Kier molecular flexibility index (Phi) is 4.65. The molecule has 1 unspecified atom stereocenters. The third-order valence-electron chi connectivity index (χ3n) is 1.86. The molecule has 14 heavy (non-hydrogen) atoms. The Balaban J connectivity index is 2.28. The van der Waals surface area contributed by atoms with Crippen LogP contribution in [-0.2, 0) is 0 Å². The van der Waals surface area contributed by atoms with Crippen LogP contribution in [0.5, 0.6) is 0 Å². The lowest BCUT2D eigenvalue weighted by molar-refractivity contribution is 0.614.